The molecule has 0 aromatic rings. The zero-order valence-corrected chi connectivity index (χ0v) is 35.2. The molecule has 10 heteroatoms. The fourth-order valence-electron chi connectivity index (χ4n) is 6.02. The molecule has 0 radical (unpaired) electrons. The van der Waals surface area contributed by atoms with Crippen LogP contribution in [-0.2, 0) is 32.7 Å². The van der Waals surface area contributed by atoms with Crippen LogP contribution in [0.3, 0.4) is 0 Å². The summed E-state index contributed by atoms with van der Waals surface area (Å²) >= 11 is 0. The molecule has 0 aliphatic carbocycles. The minimum atomic E-state index is -4.37. The predicted octanol–water partition coefficient (Wildman–Crippen LogP) is 12.4. The van der Waals surface area contributed by atoms with Crippen molar-refractivity contribution < 1.29 is 37.6 Å². The van der Waals surface area contributed by atoms with Crippen LogP contribution in [0.4, 0.5) is 0 Å². The van der Waals surface area contributed by atoms with Crippen molar-refractivity contribution >= 4 is 19.8 Å². The third-order valence-electron chi connectivity index (χ3n) is 9.31. The molecule has 2 atom stereocenters. The fraction of sp³-hybridized carbons (Fsp3) is 0.860. The zero-order chi connectivity index (χ0) is 38.9. The maximum Gasteiger partial charge on any atom is 0.472 e. The van der Waals surface area contributed by atoms with Gasteiger partial charge in [-0.15, -0.1) is 0 Å². The summed E-state index contributed by atoms with van der Waals surface area (Å²) in [7, 11) is -4.37. The molecule has 53 heavy (non-hydrogen) atoms. The second kappa shape index (κ2) is 40.2. The van der Waals surface area contributed by atoms with Crippen molar-refractivity contribution in [3.8, 4) is 0 Å². The van der Waals surface area contributed by atoms with Gasteiger partial charge in [0.25, 0.3) is 0 Å². The van der Waals surface area contributed by atoms with Gasteiger partial charge in [-0.25, -0.2) is 4.57 Å². The highest BCUT2D eigenvalue weighted by Gasteiger charge is 2.26. The highest BCUT2D eigenvalue weighted by molar-refractivity contribution is 7.47. The monoisotopic (exact) mass is 772 g/mol. The Hall–Kier alpha value is -1.51. The summed E-state index contributed by atoms with van der Waals surface area (Å²) in [6, 6.07) is 0. The molecule has 0 bridgehead atoms. The van der Waals surface area contributed by atoms with E-state index in [1.54, 1.807) is 0 Å². The van der Waals surface area contributed by atoms with Crippen molar-refractivity contribution in [1.82, 2.24) is 0 Å². The Labute approximate surface area is 325 Å². The van der Waals surface area contributed by atoms with Gasteiger partial charge in [0.05, 0.1) is 13.2 Å². The van der Waals surface area contributed by atoms with Crippen LogP contribution in [0.5, 0.6) is 0 Å². The van der Waals surface area contributed by atoms with E-state index in [-0.39, 0.29) is 38.6 Å². The van der Waals surface area contributed by atoms with Crippen molar-refractivity contribution in [3.63, 3.8) is 0 Å². The van der Waals surface area contributed by atoms with Crippen LogP contribution in [0.1, 0.15) is 206 Å². The lowest BCUT2D eigenvalue weighted by molar-refractivity contribution is -0.161. The molecule has 0 spiro atoms. The van der Waals surface area contributed by atoms with E-state index in [4.69, 9.17) is 24.3 Å². The Morgan fingerprint density at radius 1 is 0.547 bits per heavy atom. The zero-order valence-electron chi connectivity index (χ0n) is 34.3. The standard InChI is InChI=1S/C43H82NO8P/c1-3-5-7-9-11-13-15-17-19-20-22-23-25-27-29-31-33-35-42(45)49-39-41(40-51-53(47,48)50-38-37-44)52-43(46)36-34-32-30-28-26-24-21-18-16-14-12-10-8-6-4-2/h10,12-13,15,41H,3-9,11,14,16-40,44H2,1-2H3,(H,47,48)/b12-10+,15-13+/t41-/m1/s1. The Balaban J connectivity index is 4.12. The number of carbonyl (C=O) groups is 2. The van der Waals surface area contributed by atoms with E-state index in [1.165, 1.54) is 135 Å². The molecule has 0 saturated heterocycles. The van der Waals surface area contributed by atoms with Gasteiger partial charge in [0.15, 0.2) is 6.10 Å². The number of allylic oxidation sites excluding steroid dienone is 4. The molecule has 0 saturated carbocycles. The van der Waals surface area contributed by atoms with Gasteiger partial charge in [-0.05, 0) is 57.8 Å². The molecule has 0 rings (SSSR count). The number of phosphoric ester groups is 1. The summed E-state index contributed by atoms with van der Waals surface area (Å²) in [5.41, 5.74) is 5.35. The largest absolute Gasteiger partial charge is 0.472 e. The molecule has 0 aliphatic rings. The van der Waals surface area contributed by atoms with Gasteiger partial charge in [0.1, 0.15) is 6.61 Å². The quantitative estimate of drug-likeness (QED) is 0.0269. The smallest absolute Gasteiger partial charge is 0.462 e. The van der Waals surface area contributed by atoms with Gasteiger partial charge >= 0.3 is 19.8 Å². The normalized spacial score (nSPS) is 13.5. The van der Waals surface area contributed by atoms with Crippen LogP contribution in [0.25, 0.3) is 0 Å². The molecule has 0 aromatic carbocycles. The fourth-order valence-corrected chi connectivity index (χ4v) is 6.79. The van der Waals surface area contributed by atoms with E-state index < -0.39 is 26.5 Å². The number of esters is 2. The summed E-state index contributed by atoms with van der Waals surface area (Å²) in [4.78, 5) is 34.9. The summed E-state index contributed by atoms with van der Waals surface area (Å²) in [6.07, 6.45) is 42.0. The first kappa shape index (κ1) is 51.5. The van der Waals surface area contributed by atoms with Crippen LogP contribution in [0.2, 0.25) is 0 Å². The van der Waals surface area contributed by atoms with E-state index in [2.05, 4.69) is 38.2 Å². The minimum absolute atomic E-state index is 0.0540. The lowest BCUT2D eigenvalue weighted by atomic mass is 10.1. The van der Waals surface area contributed by atoms with E-state index in [0.29, 0.717) is 6.42 Å². The van der Waals surface area contributed by atoms with E-state index in [0.717, 1.165) is 38.5 Å². The first-order valence-electron chi connectivity index (χ1n) is 21.8. The highest BCUT2D eigenvalue weighted by atomic mass is 31.2. The van der Waals surface area contributed by atoms with Gasteiger partial charge in [0, 0.05) is 19.4 Å². The number of nitrogens with two attached hydrogens (primary N) is 1. The Kier molecular flexibility index (Phi) is 39.0. The molecule has 9 nitrogen and oxygen atoms in total. The van der Waals surface area contributed by atoms with E-state index in [9.17, 15) is 19.0 Å². The maximum absolute atomic E-state index is 12.6. The molecule has 1 unspecified atom stereocenters. The van der Waals surface area contributed by atoms with Crippen LogP contribution in [0, 0.1) is 0 Å². The number of rotatable bonds is 41. The first-order chi connectivity index (χ1) is 25.8. The lowest BCUT2D eigenvalue weighted by Gasteiger charge is -2.19. The minimum Gasteiger partial charge on any atom is -0.462 e. The highest BCUT2D eigenvalue weighted by Crippen LogP contribution is 2.43. The molecule has 3 N–H and O–H groups in total. The third-order valence-corrected chi connectivity index (χ3v) is 10.3. The second-order valence-corrected chi connectivity index (χ2v) is 16.0. The van der Waals surface area contributed by atoms with E-state index in [1.807, 2.05) is 0 Å². The molecule has 0 aromatic heterocycles. The Bertz CT molecular complexity index is 928. The topological polar surface area (TPSA) is 134 Å². The van der Waals surface area contributed by atoms with Crippen LogP contribution in [-0.4, -0.2) is 49.3 Å². The van der Waals surface area contributed by atoms with Crippen molar-refractivity contribution in [2.45, 2.75) is 213 Å². The average molecular weight is 772 g/mol. The van der Waals surface area contributed by atoms with Gasteiger partial charge in [-0.2, -0.15) is 0 Å². The van der Waals surface area contributed by atoms with Crippen molar-refractivity contribution in [2.24, 2.45) is 5.73 Å². The number of hydrogen-bond donors (Lipinski definition) is 2. The Morgan fingerprint density at radius 3 is 1.40 bits per heavy atom. The number of unbranched alkanes of at least 4 members (excludes halogenated alkanes) is 24. The van der Waals surface area contributed by atoms with Crippen LogP contribution < -0.4 is 5.73 Å². The van der Waals surface area contributed by atoms with Gasteiger partial charge < -0.3 is 20.1 Å². The summed E-state index contributed by atoms with van der Waals surface area (Å²) in [5.74, 6) is -0.828. The number of ether oxygens (including phenoxy) is 2. The van der Waals surface area contributed by atoms with E-state index >= 15 is 0 Å². The average Bonchev–Trinajstić information content (AvgIpc) is 3.14. The summed E-state index contributed by atoms with van der Waals surface area (Å²) in [5, 5.41) is 0. The maximum atomic E-state index is 12.6. The third kappa shape index (κ3) is 40.0. The predicted molar refractivity (Wildman–Crippen MR) is 220 cm³/mol. The Morgan fingerprint density at radius 2 is 0.943 bits per heavy atom. The van der Waals surface area contributed by atoms with Crippen LogP contribution in [0.15, 0.2) is 24.3 Å². The lowest BCUT2D eigenvalue weighted by Crippen LogP contribution is -2.29. The van der Waals surface area contributed by atoms with Crippen molar-refractivity contribution in [2.75, 3.05) is 26.4 Å². The van der Waals surface area contributed by atoms with Gasteiger partial charge in [-0.1, -0.05) is 160 Å². The summed E-state index contributed by atoms with van der Waals surface area (Å²) < 4.78 is 32.8. The SMILES string of the molecule is CCCC/C=C/CCCCCCCCCCCC(=O)O[C@H](COC(=O)CCCCCCCCCCC/C=C/CCCCCC)COP(=O)(O)OCCN. The second-order valence-electron chi connectivity index (χ2n) is 14.6. The molecular weight excluding hydrogens is 689 g/mol. The number of hydrogen-bond acceptors (Lipinski definition) is 8. The van der Waals surface area contributed by atoms with Crippen molar-refractivity contribution in [3.05, 3.63) is 24.3 Å². The van der Waals surface area contributed by atoms with Crippen molar-refractivity contribution in [1.29, 1.82) is 0 Å². The van der Waals surface area contributed by atoms with Gasteiger partial charge in [0.2, 0.25) is 0 Å². The number of phosphoric acid groups is 1. The van der Waals surface area contributed by atoms with Crippen LogP contribution >= 0.6 is 7.82 Å². The first-order valence-corrected chi connectivity index (χ1v) is 23.3. The molecule has 0 fully saturated rings. The summed E-state index contributed by atoms with van der Waals surface area (Å²) in [6.45, 7) is 3.70. The molecule has 312 valence electrons. The molecule has 0 heterocycles. The van der Waals surface area contributed by atoms with Gasteiger partial charge in [-0.3, -0.25) is 18.6 Å². The molecular formula is C43H82NO8P. The molecule has 0 amide bonds. The number of carbonyl (C=O) groups excluding carboxylic acids is 2. The molecule has 0 aliphatic heterocycles.